The summed E-state index contributed by atoms with van der Waals surface area (Å²) in [5, 5.41) is 2.85. The van der Waals surface area contributed by atoms with Crippen LogP contribution in [0, 0.1) is 13.8 Å². The predicted molar refractivity (Wildman–Crippen MR) is 95.9 cm³/mol. The van der Waals surface area contributed by atoms with Crippen molar-refractivity contribution in [2.24, 2.45) is 0 Å². The molecule has 0 unspecified atom stereocenters. The summed E-state index contributed by atoms with van der Waals surface area (Å²) >= 11 is 0. The van der Waals surface area contributed by atoms with E-state index in [9.17, 15) is 14.4 Å². The van der Waals surface area contributed by atoms with Gasteiger partial charge in [0, 0.05) is 24.2 Å². The van der Waals surface area contributed by atoms with Gasteiger partial charge in [-0.2, -0.15) is 0 Å². The van der Waals surface area contributed by atoms with Crippen molar-refractivity contribution in [3.63, 3.8) is 0 Å². The van der Waals surface area contributed by atoms with Gasteiger partial charge in [0.05, 0.1) is 18.2 Å². The molecular weight excluding hydrogens is 332 g/mol. The monoisotopic (exact) mass is 352 g/mol. The van der Waals surface area contributed by atoms with Crippen LogP contribution in [-0.2, 0) is 22.6 Å². The minimum absolute atomic E-state index is 0.0927. The van der Waals surface area contributed by atoms with Gasteiger partial charge in [0.25, 0.3) is 5.56 Å². The number of carbonyl (C=O) groups excluding carboxylic acids is 2. The van der Waals surface area contributed by atoms with Crippen molar-refractivity contribution in [2.75, 3.05) is 11.9 Å². The van der Waals surface area contributed by atoms with Crippen molar-refractivity contribution >= 4 is 17.5 Å². The Labute approximate surface area is 150 Å². The maximum absolute atomic E-state index is 12.8. The van der Waals surface area contributed by atoms with Gasteiger partial charge in [0.2, 0.25) is 11.8 Å². The summed E-state index contributed by atoms with van der Waals surface area (Å²) in [6.45, 7) is 4.47. The van der Waals surface area contributed by atoms with Crippen molar-refractivity contribution < 1.29 is 9.59 Å². The smallest absolute Gasteiger partial charge is 0.254 e. The van der Waals surface area contributed by atoms with E-state index in [2.05, 4.69) is 15.3 Å². The number of H-pyrrole nitrogens is 1. The van der Waals surface area contributed by atoms with Gasteiger partial charge in [0.15, 0.2) is 0 Å². The van der Waals surface area contributed by atoms with E-state index in [1.165, 1.54) is 0 Å². The van der Waals surface area contributed by atoms with E-state index in [-0.39, 0.29) is 23.8 Å². The lowest BCUT2D eigenvalue weighted by atomic mass is 9.94. The molecule has 0 spiro atoms. The molecule has 2 N–H and O–H groups in total. The molecule has 0 radical (unpaired) electrons. The van der Waals surface area contributed by atoms with Crippen LogP contribution in [0.2, 0.25) is 0 Å². The van der Waals surface area contributed by atoms with E-state index in [1.807, 2.05) is 25.1 Å². The lowest BCUT2D eigenvalue weighted by molar-refractivity contribution is -0.134. The first-order chi connectivity index (χ1) is 12.4. The molecule has 7 nitrogen and oxygen atoms in total. The quantitative estimate of drug-likeness (QED) is 0.854. The van der Waals surface area contributed by atoms with Crippen LogP contribution < -0.4 is 10.9 Å². The summed E-state index contributed by atoms with van der Waals surface area (Å²) in [7, 11) is 0. The molecule has 1 atom stereocenters. The fourth-order valence-corrected chi connectivity index (χ4v) is 3.73. The number of aromatic amines is 1. The summed E-state index contributed by atoms with van der Waals surface area (Å²) in [4.78, 5) is 45.9. The van der Waals surface area contributed by atoms with Crippen LogP contribution in [-0.4, -0.2) is 33.2 Å². The maximum atomic E-state index is 12.8. The average Bonchev–Trinajstić information content (AvgIpc) is 2.89. The highest BCUT2D eigenvalue weighted by Crippen LogP contribution is 2.35. The lowest BCUT2D eigenvalue weighted by Gasteiger charge is -2.28. The average molecular weight is 352 g/mol. The molecule has 0 fully saturated rings. The Morgan fingerprint density at radius 1 is 1.31 bits per heavy atom. The van der Waals surface area contributed by atoms with Gasteiger partial charge in [-0.1, -0.05) is 17.7 Å². The molecule has 3 heterocycles. The Morgan fingerprint density at radius 2 is 2.12 bits per heavy atom. The third kappa shape index (κ3) is 2.79. The number of nitrogens with one attached hydrogen (secondary N) is 2. The van der Waals surface area contributed by atoms with Gasteiger partial charge < -0.3 is 15.2 Å². The van der Waals surface area contributed by atoms with E-state index in [0.717, 1.165) is 16.8 Å². The molecule has 134 valence electrons. The molecule has 1 aromatic heterocycles. The highest BCUT2D eigenvalue weighted by molar-refractivity contribution is 6.05. The first kappa shape index (κ1) is 16.5. The first-order valence-electron chi connectivity index (χ1n) is 8.70. The summed E-state index contributed by atoms with van der Waals surface area (Å²) in [5.41, 5.74) is 3.90. The van der Waals surface area contributed by atoms with E-state index < -0.39 is 5.92 Å². The molecule has 1 aromatic carbocycles. The lowest BCUT2D eigenvalue weighted by Crippen LogP contribution is -2.40. The topological polar surface area (TPSA) is 95.2 Å². The summed E-state index contributed by atoms with van der Waals surface area (Å²) in [6, 6.07) is 5.78. The largest absolute Gasteiger partial charge is 0.336 e. The number of aryl methyl sites for hydroxylation is 2. The van der Waals surface area contributed by atoms with Crippen LogP contribution in [0.1, 0.15) is 40.5 Å². The van der Waals surface area contributed by atoms with Gasteiger partial charge >= 0.3 is 0 Å². The molecule has 0 saturated heterocycles. The second-order valence-corrected chi connectivity index (χ2v) is 6.98. The van der Waals surface area contributed by atoms with Gasteiger partial charge in [0.1, 0.15) is 5.82 Å². The first-order valence-corrected chi connectivity index (χ1v) is 8.70. The number of nitrogens with zero attached hydrogens (tertiary/aromatic N) is 2. The standard InChI is InChI=1S/C19H20N4O3/c1-10-3-4-15-13(7-10)14(19(26)22-15)8-17(24)23-6-5-12-16(9-23)20-11(2)21-18(12)25/h3-4,7,14H,5-6,8-9H2,1-2H3,(H,22,26)(H,20,21,25)/t14-/m0/s1. The second kappa shape index (κ2) is 6.09. The Morgan fingerprint density at radius 3 is 2.92 bits per heavy atom. The van der Waals surface area contributed by atoms with Crippen LogP contribution in [0.3, 0.4) is 0 Å². The zero-order chi connectivity index (χ0) is 18.4. The highest BCUT2D eigenvalue weighted by Gasteiger charge is 2.34. The van der Waals surface area contributed by atoms with Gasteiger partial charge in [-0.05, 0) is 31.9 Å². The van der Waals surface area contributed by atoms with Crippen LogP contribution in [0.25, 0.3) is 0 Å². The number of rotatable bonds is 2. The third-order valence-electron chi connectivity index (χ3n) is 5.08. The molecule has 0 bridgehead atoms. The van der Waals surface area contributed by atoms with Crippen LogP contribution in [0.15, 0.2) is 23.0 Å². The van der Waals surface area contributed by atoms with E-state index >= 15 is 0 Å². The van der Waals surface area contributed by atoms with Crippen molar-refractivity contribution in [3.05, 3.63) is 56.8 Å². The third-order valence-corrected chi connectivity index (χ3v) is 5.08. The molecule has 2 aliphatic heterocycles. The van der Waals surface area contributed by atoms with Crippen molar-refractivity contribution in [3.8, 4) is 0 Å². The number of amides is 2. The van der Waals surface area contributed by atoms with Crippen LogP contribution in [0.4, 0.5) is 5.69 Å². The van der Waals surface area contributed by atoms with Gasteiger partial charge in [-0.25, -0.2) is 4.98 Å². The van der Waals surface area contributed by atoms with Crippen LogP contribution in [0.5, 0.6) is 0 Å². The number of hydrogen-bond acceptors (Lipinski definition) is 4. The predicted octanol–water partition coefficient (Wildman–Crippen LogP) is 1.40. The van der Waals surface area contributed by atoms with E-state index in [1.54, 1.807) is 11.8 Å². The highest BCUT2D eigenvalue weighted by atomic mass is 16.2. The van der Waals surface area contributed by atoms with Crippen molar-refractivity contribution in [2.45, 2.75) is 39.2 Å². The summed E-state index contributed by atoms with van der Waals surface area (Å²) in [6.07, 6.45) is 0.607. The van der Waals surface area contributed by atoms with Crippen molar-refractivity contribution in [1.29, 1.82) is 0 Å². The molecule has 2 amide bonds. The number of anilines is 1. The Hall–Kier alpha value is -2.96. The zero-order valence-corrected chi connectivity index (χ0v) is 14.8. The SMILES string of the molecule is Cc1ccc2c(c1)[C@H](CC(=O)N1CCc3c(nc(C)[nH]c3=O)C1)C(=O)N2. The Balaban J connectivity index is 1.54. The normalized spacial score (nSPS) is 18.3. The molecule has 0 saturated carbocycles. The van der Waals surface area contributed by atoms with Gasteiger partial charge in [-0.3, -0.25) is 14.4 Å². The van der Waals surface area contributed by atoms with Gasteiger partial charge in [-0.15, -0.1) is 0 Å². The number of carbonyl (C=O) groups is 2. The zero-order valence-electron chi connectivity index (χ0n) is 14.8. The van der Waals surface area contributed by atoms with Crippen molar-refractivity contribution in [1.82, 2.24) is 14.9 Å². The number of aromatic nitrogens is 2. The fourth-order valence-electron chi connectivity index (χ4n) is 3.73. The van der Waals surface area contributed by atoms with E-state index in [0.29, 0.717) is 36.6 Å². The Kier molecular flexibility index (Phi) is 3.86. The Bertz CT molecular complexity index is 979. The summed E-state index contributed by atoms with van der Waals surface area (Å²) in [5.74, 6) is -0.151. The molecule has 7 heteroatoms. The fraction of sp³-hybridized carbons (Fsp3) is 0.368. The molecular formula is C19H20N4O3. The van der Waals surface area contributed by atoms with Crippen LogP contribution >= 0.6 is 0 Å². The molecule has 26 heavy (non-hydrogen) atoms. The maximum Gasteiger partial charge on any atom is 0.254 e. The molecule has 2 aromatic rings. The molecule has 2 aliphatic rings. The minimum atomic E-state index is -0.465. The summed E-state index contributed by atoms with van der Waals surface area (Å²) < 4.78 is 0. The minimum Gasteiger partial charge on any atom is -0.336 e. The van der Waals surface area contributed by atoms with E-state index in [4.69, 9.17) is 0 Å². The number of hydrogen-bond donors (Lipinski definition) is 2. The molecule has 4 rings (SSSR count). The second-order valence-electron chi connectivity index (χ2n) is 6.98. The molecule has 0 aliphatic carbocycles. The number of benzene rings is 1. The number of fused-ring (bicyclic) bond motifs is 2.